The molecule has 0 amide bonds. The van der Waals surface area contributed by atoms with Gasteiger partial charge in [0.15, 0.2) is 0 Å². The van der Waals surface area contributed by atoms with E-state index in [1.165, 1.54) is 0 Å². The molecule has 0 saturated heterocycles. The fourth-order valence-corrected chi connectivity index (χ4v) is 1.82. The molecule has 0 aliphatic carbocycles. The summed E-state index contributed by atoms with van der Waals surface area (Å²) in [6.07, 6.45) is 2.82. The lowest BCUT2D eigenvalue weighted by molar-refractivity contribution is 0.607. The minimum absolute atomic E-state index is 0.539. The molecule has 0 aromatic carbocycles. The largest absolute Gasteiger partial charge is 0.383 e. The van der Waals surface area contributed by atoms with Crippen LogP contribution in [0.2, 0.25) is 0 Å². The number of hydrogen-bond acceptors (Lipinski definition) is 4. The van der Waals surface area contributed by atoms with Gasteiger partial charge in [-0.15, -0.1) is 0 Å². The molecular weight excluding hydrogens is 214 g/mol. The Morgan fingerprint density at radius 1 is 1.29 bits per heavy atom. The van der Waals surface area contributed by atoms with Crippen LogP contribution in [0.3, 0.4) is 0 Å². The summed E-state index contributed by atoms with van der Waals surface area (Å²) in [6.45, 7) is 6.79. The van der Waals surface area contributed by atoms with Crippen molar-refractivity contribution < 1.29 is 0 Å². The first-order valence-corrected chi connectivity index (χ1v) is 5.76. The van der Waals surface area contributed by atoms with Gasteiger partial charge in [0.05, 0.1) is 11.4 Å². The van der Waals surface area contributed by atoms with Crippen LogP contribution >= 0.6 is 0 Å². The Morgan fingerprint density at radius 3 is 2.76 bits per heavy atom. The summed E-state index contributed by atoms with van der Waals surface area (Å²) in [5, 5.41) is 4.30. The summed E-state index contributed by atoms with van der Waals surface area (Å²) in [4.78, 5) is 8.62. The van der Waals surface area contributed by atoms with Gasteiger partial charge in [0, 0.05) is 18.3 Å². The Morgan fingerprint density at radius 2 is 2.06 bits per heavy atom. The van der Waals surface area contributed by atoms with Gasteiger partial charge < -0.3 is 5.73 Å². The summed E-state index contributed by atoms with van der Waals surface area (Å²) in [7, 11) is 0. The van der Waals surface area contributed by atoms with Crippen molar-refractivity contribution in [2.45, 2.75) is 33.7 Å². The Balaban J connectivity index is 2.56. The average molecular weight is 231 g/mol. The molecule has 2 rings (SSSR count). The molecule has 5 nitrogen and oxygen atoms in total. The number of aryl methyl sites for hydroxylation is 2. The van der Waals surface area contributed by atoms with Gasteiger partial charge in [-0.2, -0.15) is 5.10 Å². The van der Waals surface area contributed by atoms with E-state index in [1.54, 1.807) is 6.20 Å². The van der Waals surface area contributed by atoms with Gasteiger partial charge in [0.25, 0.3) is 0 Å². The highest BCUT2D eigenvalue weighted by Gasteiger charge is 2.12. The van der Waals surface area contributed by atoms with E-state index in [0.717, 1.165) is 29.9 Å². The molecule has 2 N–H and O–H groups in total. The van der Waals surface area contributed by atoms with Crippen molar-refractivity contribution >= 4 is 5.82 Å². The topological polar surface area (TPSA) is 69.6 Å². The molecule has 0 spiro atoms. The SMILES string of the molecule is CCCn1nccc1-c1nc(C)nc(N)c1C. The third-order valence-corrected chi connectivity index (χ3v) is 2.69. The Labute approximate surface area is 101 Å². The Kier molecular flexibility index (Phi) is 3.08. The minimum Gasteiger partial charge on any atom is -0.383 e. The normalized spacial score (nSPS) is 10.8. The smallest absolute Gasteiger partial charge is 0.130 e. The molecule has 2 aromatic rings. The van der Waals surface area contributed by atoms with Crippen LogP contribution < -0.4 is 5.73 Å². The summed E-state index contributed by atoms with van der Waals surface area (Å²) in [5.74, 6) is 1.23. The number of nitrogens with zero attached hydrogens (tertiary/aromatic N) is 4. The lowest BCUT2D eigenvalue weighted by Gasteiger charge is -2.10. The van der Waals surface area contributed by atoms with Gasteiger partial charge in [0.2, 0.25) is 0 Å². The van der Waals surface area contributed by atoms with Gasteiger partial charge in [0.1, 0.15) is 11.6 Å². The highest BCUT2D eigenvalue weighted by molar-refractivity contribution is 5.64. The number of nitrogen functional groups attached to an aromatic ring is 1. The lowest BCUT2D eigenvalue weighted by Crippen LogP contribution is -2.06. The van der Waals surface area contributed by atoms with Crippen LogP contribution in [0.1, 0.15) is 24.7 Å². The predicted molar refractivity (Wildman–Crippen MR) is 67.4 cm³/mol. The molecule has 5 heteroatoms. The predicted octanol–water partition coefficient (Wildman–Crippen LogP) is 1.95. The number of rotatable bonds is 3. The fraction of sp³-hybridized carbons (Fsp3) is 0.417. The van der Waals surface area contributed by atoms with Gasteiger partial charge in [-0.25, -0.2) is 9.97 Å². The van der Waals surface area contributed by atoms with Crippen LogP contribution in [0.25, 0.3) is 11.4 Å². The molecule has 0 saturated carbocycles. The Bertz CT molecular complexity index is 530. The molecular formula is C12H17N5. The van der Waals surface area contributed by atoms with E-state index >= 15 is 0 Å². The summed E-state index contributed by atoms with van der Waals surface area (Å²) in [5.41, 5.74) is 8.66. The maximum Gasteiger partial charge on any atom is 0.130 e. The van der Waals surface area contributed by atoms with Gasteiger partial charge in [-0.05, 0) is 26.3 Å². The first kappa shape index (κ1) is 11.6. The zero-order chi connectivity index (χ0) is 12.4. The summed E-state index contributed by atoms with van der Waals surface area (Å²) < 4.78 is 1.95. The van der Waals surface area contributed by atoms with Crippen molar-refractivity contribution in [3.05, 3.63) is 23.7 Å². The maximum absolute atomic E-state index is 5.87. The number of hydrogen-bond donors (Lipinski definition) is 1. The van der Waals surface area contributed by atoms with Crippen LogP contribution in [-0.2, 0) is 6.54 Å². The summed E-state index contributed by atoms with van der Waals surface area (Å²) >= 11 is 0. The third kappa shape index (κ3) is 2.13. The maximum atomic E-state index is 5.87. The van der Waals surface area contributed by atoms with Gasteiger partial charge >= 0.3 is 0 Å². The van der Waals surface area contributed by atoms with E-state index in [1.807, 2.05) is 24.6 Å². The number of nitrogens with two attached hydrogens (primary N) is 1. The van der Waals surface area contributed by atoms with Crippen molar-refractivity contribution in [3.63, 3.8) is 0 Å². The van der Waals surface area contributed by atoms with Crippen molar-refractivity contribution in [2.24, 2.45) is 0 Å². The van der Waals surface area contributed by atoms with Crippen molar-refractivity contribution in [1.29, 1.82) is 0 Å². The Hall–Kier alpha value is -1.91. The van der Waals surface area contributed by atoms with Crippen LogP contribution in [0.4, 0.5) is 5.82 Å². The summed E-state index contributed by atoms with van der Waals surface area (Å²) in [6, 6.07) is 1.96. The van der Waals surface area contributed by atoms with E-state index in [2.05, 4.69) is 22.0 Å². The molecule has 2 aromatic heterocycles. The molecule has 0 unspecified atom stereocenters. The molecule has 90 valence electrons. The fourth-order valence-electron chi connectivity index (χ4n) is 1.82. The molecule has 0 fully saturated rings. The van der Waals surface area contributed by atoms with Crippen molar-refractivity contribution in [3.8, 4) is 11.4 Å². The highest BCUT2D eigenvalue weighted by Crippen LogP contribution is 2.24. The van der Waals surface area contributed by atoms with E-state index in [4.69, 9.17) is 5.73 Å². The van der Waals surface area contributed by atoms with Crippen LogP contribution in [0.15, 0.2) is 12.3 Å². The second kappa shape index (κ2) is 4.53. The van der Waals surface area contributed by atoms with Crippen LogP contribution in [-0.4, -0.2) is 19.7 Å². The highest BCUT2D eigenvalue weighted by atomic mass is 15.3. The molecule has 2 heterocycles. The molecule has 0 bridgehead atoms. The van der Waals surface area contributed by atoms with Crippen molar-refractivity contribution in [1.82, 2.24) is 19.7 Å². The average Bonchev–Trinajstić information content (AvgIpc) is 2.72. The second-order valence-corrected chi connectivity index (χ2v) is 4.07. The van der Waals surface area contributed by atoms with Crippen molar-refractivity contribution in [2.75, 3.05) is 5.73 Å². The quantitative estimate of drug-likeness (QED) is 0.876. The molecule has 0 aliphatic rings. The van der Waals surface area contributed by atoms with E-state index in [9.17, 15) is 0 Å². The zero-order valence-electron chi connectivity index (χ0n) is 10.4. The lowest BCUT2D eigenvalue weighted by atomic mass is 10.2. The van der Waals surface area contributed by atoms with Crippen LogP contribution in [0.5, 0.6) is 0 Å². The first-order chi connectivity index (χ1) is 8.13. The van der Waals surface area contributed by atoms with Gasteiger partial charge in [-0.1, -0.05) is 6.92 Å². The minimum atomic E-state index is 0.539. The van der Waals surface area contributed by atoms with Crippen LogP contribution in [0, 0.1) is 13.8 Å². The third-order valence-electron chi connectivity index (χ3n) is 2.69. The number of anilines is 1. The standard InChI is InChI=1S/C12H17N5/c1-4-7-17-10(5-6-14-17)11-8(2)12(13)16-9(3)15-11/h5-6H,4,7H2,1-3H3,(H2,13,15,16). The van der Waals surface area contributed by atoms with E-state index < -0.39 is 0 Å². The monoisotopic (exact) mass is 231 g/mol. The molecule has 0 radical (unpaired) electrons. The first-order valence-electron chi connectivity index (χ1n) is 5.76. The second-order valence-electron chi connectivity index (χ2n) is 4.07. The number of aromatic nitrogens is 4. The zero-order valence-corrected chi connectivity index (χ0v) is 10.4. The van der Waals surface area contributed by atoms with E-state index in [-0.39, 0.29) is 0 Å². The molecule has 0 atom stereocenters. The van der Waals surface area contributed by atoms with Gasteiger partial charge in [-0.3, -0.25) is 4.68 Å². The molecule has 0 aliphatic heterocycles. The molecule has 17 heavy (non-hydrogen) atoms. The van der Waals surface area contributed by atoms with E-state index in [0.29, 0.717) is 11.6 Å².